The first-order chi connectivity index (χ1) is 8.56. The third-order valence-corrected chi connectivity index (χ3v) is 3.33. The summed E-state index contributed by atoms with van der Waals surface area (Å²) >= 11 is 0. The second kappa shape index (κ2) is 5.44. The van der Waals surface area contributed by atoms with E-state index in [9.17, 15) is 4.79 Å². The smallest absolute Gasteiger partial charge is 0.306 e. The van der Waals surface area contributed by atoms with E-state index in [1.165, 1.54) is 0 Å². The summed E-state index contributed by atoms with van der Waals surface area (Å²) in [6.45, 7) is 0.927. The van der Waals surface area contributed by atoms with E-state index in [-0.39, 0.29) is 5.92 Å². The van der Waals surface area contributed by atoms with Crippen molar-refractivity contribution < 1.29 is 9.90 Å². The lowest BCUT2D eigenvalue weighted by Crippen LogP contribution is -2.24. The van der Waals surface area contributed by atoms with Crippen LogP contribution in [-0.4, -0.2) is 46.6 Å². The highest BCUT2D eigenvalue weighted by atomic mass is 16.4. The normalized spacial score (nSPS) is 18.7. The molecule has 0 radical (unpaired) electrons. The Morgan fingerprint density at radius 3 is 3.00 bits per heavy atom. The number of aromatic nitrogens is 2. The topological polar surface area (TPSA) is 66.3 Å². The van der Waals surface area contributed by atoms with Crippen LogP contribution in [0.25, 0.3) is 0 Å². The minimum absolute atomic E-state index is 0.270. The summed E-state index contributed by atoms with van der Waals surface area (Å²) in [6.07, 6.45) is 4.65. The fraction of sp³-hybridized carbons (Fsp3) is 0.615. The first kappa shape index (κ1) is 13.0. The summed E-state index contributed by atoms with van der Waals surface area (Å²) in [6, 6.07) is 0. The van der Waals surface area contributed by atoms with E-state index in [1.54, 1.807) is 0 Å². The van der Waals surface area contributed by atoms with E-state index in [4.69, 9.17) is 5.11 Å². The van der Waals surface area contributed by atoms with Crippen molar-refractivity contribution in [3.05, 3.63) is 23.3 Å². The zero-order valence-corrected chi connectivity index (χ0v) is 10.9. The predicted molar refractivity (Wildman–Crippen MR) is 67.4 cm³/mol. The van der Waals surface area contributed by atoms with Gasteiger partial charge in [-0.1, -0.05) is 0 Å². The van der Waals surface area contributed by atoms with E-state index < -0.39 is 5.97 Å². The molecule has 2 rings (SSSR count). The van der Waals surface area contributed by atoms with Gasteiger partial charge in [-0.15, -0.1) is 0 Å². The van der Waals surface area contributed by atoms with Crippen LogP contribution in [0.4, 0.5) is 0 Å². The van der Waals surface area contributed by atoms with E-state index >= 15 is 0 Å². The van der Waals surface area contributed by atoms with Crippen LogP contribution in [0.2, 0.25) is 0 Å². The van der Waals surface area contributed by atoms with Gasteiger partial charge in [0.05, 0.1) is 5.92 Å². The number of hydrogen-bond donors (Lipinski definition) is 1. The van der Waals surface area contributed by atoms with Crippen LogP contribution < -0.4 is 0 Å². The van der Waals surface area contributed by atoms with Crippen LogP contribution in [-0.2, 0) is 24.1 Å². The molecular formula is C13H19N3O2. The van der Waals surface area contributed by atoms with Gasteiger partial charge >= 0.3 is 5.97 Å². The summed E-state index contributed by atoms with van der Waals surface area (Å²) in [4.78, 5) is 21.9. The maximum Gasteiger partial charge on any atom is 0.306 e. The quantitative estimate of drug-likeness (QED) is 0.853. The first-order valence-corrected chi connectivity index (χ1v) is 6.27. The Labute approximate surface area is 107 Å². The Balaban J connectivity index is 2.07. The molecule has 0 amide bonds. The van der Waals surface area contributed by atoms with Crippen molar-refractivity contribution in [2.75, 3.05) is 20.6 Å². The van der Waals surface area contributed by atoms with Crippen molar-refractivity contribution in [1.82, 2.24) is 14.9 Å². The Morgan fingerprint density at radius 2 is 2.33 bits per heavy atom. The zero-order chi connectivity index (χ0) is 13.1. The highest BCUT2D eigenvalue weighted by Gasteiger charge is 2.25. The van der Waals surface area contributed by atoms with E-state index in [0.717, 1.165) is 36.5 Å². The standard InChI is InChI=1S/C13H19N3O2/c1-16(2)6-5-12-14-8-10-7-9(13(17)18)3-4-11(10)15-12/h8-9H,3-7H2,1-2H3,(H,17,18). The highest BCUT2D eigenvalue weighted by molar-refractivity contribution is 5.70. The van der Waals surface area contributed by atoms with Gasteiger partial charge < -0.3 is 10.0 Å². The van der Waals surface area contributed by atoms with Crippen LogP contribution in [0.15, 0.2) is 6.20 Å². The van der Waals surface area contributed by atoms with Gasteiger partial charge in [0.2, 0.25) is 0 Å². The lowest BCUT2D eigenvalue weighted by Gasteiger charge is -2.20. The lowest BCUT2D eigenvalue weighted by molar-refractivity contribution is -0.142. The summed E-state index contributed by atoms with van der Waals surface area (Å²) in [7, 11) is 4.05. The number of hydrogen-bond acceptors (Lipinski definition) is 4. The van der Waals surface area contributed by atoms with Gasteiger partial charge in [0.15, 0.2) is 0 Å². The van der Waals surface area contributed by atoms with Crippen LogP contribution in [0.5, 0.6) is 0 Å². The van der Waals surface area contributed by atoms with Gasteiger partial charge in [-0.25, -0.2) is 9.97 Å². The molecule has 0 bridgehead atoms. The first-order valence-electron chi connectivity index (χ1n) is 6.27. The molecule has 1 aromatic rings. The SMILES string of the molecule is CN(C)CCc1ncc2c(n1)CCC(C(=O)O)C2. The van der Waals surface area contributed by atoms with Crippen molar-refractivity contribution in [2.45, 2.75) is 25.7 Å². The molecule has 5 heteroatoms. The summed E-state index contributed by atoms with van der Waals surface area (Å²) in [5, 5.41) is 9.02. The molecule has 98 valence electrons. The Kier molecular flexibility index (Phi) is 3.91. The molecule has 0 spiro atoms. The van der Waals surface area contributed by atoms with Crippen molar-refractivity contribution >= 4 is 5.97 Å². The van der Waals surface area contributed by atoms with E-state index in [2.05, 4.69) is 14.9 Å². The molecule has 0 saturated carbocycles. The van der Waals surface area contributed by atoms with Crippen LogP contribution >= 0.6 is 0 Å². The maximum atomic E-state index is 11.0. The minimum atomic E-state index is -0.711. The van der Waals surface area contributed by atoms with Crippen molar-refractivity contribution in [3.8, 4) is 0 Å². The molecule has 0 aromatic carbocycles. The third-order valence-electron chi connectivity index (χ3n) is 3.33. The summed E-state index contributed by atoms with van der Waals surface area (Å²) < 4.78 is 0. The van der Waals surface area contributed by atoms with E-state index in [1.807, 2.05) is 20.3 Å². The fourth-order valence-electron chi connectivity index (χ4n) is 2.20. The number of carboxylic acid groups (broad SMARTS) is 1. The third kappa shape index (κ3) is 3.04. The van der Waals surface area contributed by atoms with E-state index in [0.29, 0.717) is 12.8 Å². The molecule has 1 N–H and O–H groups in total. The van der Waals surface area contributed by atoms with Gasteiger partial charge in [-0.3, -0.25) is 4.79 Å². The number of rotatable bonds is 4. The summed E-state index contributed by atoms with van der Waals surface area (Å²) in [5.41, 5.74) is 2.04. The molecule has 18 heavy (non-hydrogen) atoms. The monoisotopic (exact) mass is 249 g/mol. The van der Waals surface area contributed by atoms with Crippen molar-refractivity contribution in [2.24, 2.45) is 5.92 Å². The average molecular weight is 249 g/mol. The lowest BCUT2D eigenvalue weighted by atomic mass is 9.87. The second-order valence-electron chi connectivity index (χ2n) is 5.09. The fourth-order valence-corrected chi connectivity index (χ4v) is 2.20. The molecule has 0 aliphatic heterocycles. The second-order valence-corrected chi connectivity index (χ2v) is 5.09. The molecule has 1 aliphatic rings. The Bertz CT molecular complexity index is 446. The maximum absolute atomic E-state index is 11.0. The van der Waals surface area contributed by atoms with Crippen LogP contribution in [0, 0.1) is 5.92 Å². The highest BCUT2D eigenvalue weighted by Crippen LogP contribution is 2.23. The molecule has 0 fully saturated rings. The average Bonchev–Trinajstić information content (AvgIpc) is 2.35. The predicted octanol–water partition coefficient (Wildman–Crippen LogP) is 0.770. The van der Waals surface area contributed by atoms with Gasteiger partial charge in [-0.2, -0.15) is 0 Å². The van der Waals surface area contributed by atoms with Crippen molar-refractivity contribution in [3.63, 3.8) is 0 Å². The molecular weight excluding hydrogens is 230 g/mol. The van der Waals surface area contributed by atoms with Crippen LogP contribution in [0.1, 0.15) is 23.5 Å². The Hall–Kier alpha value is -1.49. The molecule has 1 heterocycles. The number of aliphatic carboxylic acids is 1. The molecule has 0 saturated heterocycles. The molecule has 1 aliphatic carbocycles. The van der Waals surface area contributed by atoms with Crippen molar-refractivity contribution in [1.29, 1.82) is 0 Å². The largest absolute Gasteiger partial charge is 0.481 e. The number of carbonyl (C=O) groups is 1. The van der Waals surface area contributed by atoms with Gasteiger partial charge in [0, 0.05) is 24.9 Å². The Morgan fingerprint density at radius 1 is 1.56 bits per heavy atom. The molecule has 5 nitrogen and oxygen atoms in total. The minimum Gasteiger partial charge on any atom is -0.481 e. The number of aryl methyl sites for hydroxylation is 1. The zero-order valence-electron chi connectivity index (χ0n) is 10.9. The summed E-state index contributed by atoms with van der Waals surface area (Å²) in [5.74, 6) is -0.123. The number of likely N-dealkylation sites (N-methyl/N-ethyl adjacent to an activating group) is 1. The molecule has 1 aromatic heterocycles. The van der Waals surface area contributed by atoms with Crippen LogP contribution in [0.3, 0.4) is 0 Å². The van der Waals surface area contributed by atoms with Gasteiger partial charge in [0.25, 0.3) is 0 Å². The molecule has 1 atom stereocenters. The van der Waals surface area contributed by atoms with Gasteiger partial charge in [0.1, 0.15) is 5.82 Å². The number of nitrogens with zero attached hydrogens (tertiary/aromatic N) is 3. The number of carboxylic acids is 1. The molecule has 1 unspecified atom stereocenters. The van der Waals surface area contributed by atoms with Gasteiger partial charge in [-0.05, 0) is 38.9 Å². The number of fused-ring (bicyclic) bond motifs is 1.